The number of hydrogen-bond donors (Lipinski definition) is 1. The zero-order chi connectivity index (χ0) is 17.2. The first-order valence-corrected chi connectivity index (χ1v) is 7.86. The van der Waals surface area contributed by atoms with Crippen LogP contribution in [-0.4, -0.2) is 26.0 Å². The second-order valence-corrected chi connectivity index (χ2v) is 5.94. The molecule has 1 saturated carbocycles. The van der Waals surface area contributed by atoms with Crippen LogP contribution in [0.4, 0.5) is 11.4 Å². The van der Waals surface area contributed by atoms with E-state index in [1.165, 1.54) is 0 Å². The highest BCUT2D eigenvalue weighted by Gasteiger charge is 2.57. The molecule has 0 radical (unpaired) electrons. The topological polar surface area (TPSA) is 58.6 Å². The third-order valence-corrected chi connectivity index (χ3v) is 4.40. The van der Waals surface area contributed by atoms with E-state index in [9.17, 15) is 9.59 Å². The summed E-state index contributed by atoms with van der Waals surface area (Å²) in [4.78, 5) is 27.1. The van der Waals surface area contributed by atoms with Crippen molar-refractivity contribution in [1.29, 1.82) is 0 Å². The van der Waals surface area contributed by atoms with Crippen LogP contribution in [0, 0.1) is 5.41 Å². The molecule has 0 bridgehead atoms. The summed E-state index contributed by atoms with van der Waals surface area (Å²) in [7, 11) is 3.25. The predicted molar refractivity (Wildman–Crippen MR) is 93.1 cm³/mol. The molecule has 0 spiro atoms. The van der Waals surface area contributed by atoms with Crippen LogP contribution >= 0.6 is 0 Å². The van der Waals surface area contributed by atoms with Gasteiger partial charge in [0.15, 0.2) is 0 Å². The van der Waals surface area contributed by atoms with Crippen molar-refractivity contribution >= 4 is 23.2 Å². The van der Waals surface area contributed by atoms with Gasteiger partial charge in [0.25, 0.3) is 0 Å². The van der Waals surface area contributed by atoms with Crippen molar-refractivity contribution in [2.45, 2.75) is 12.8 Å². The molecule has 5 nitrogen and oxygen atoms in total. The number of methoxy groups -OCH3 is 1. The zero-order valence-corrected chi connectivity index (χ0v) is 13.8. The van der Waals surface area contributed by atoms with Gasteiger partial charge < -0.3 is 15.0 Å². The van der Waals surface area contributed by atoms with Crippen molar-refractivity contribution in [2.75, 3.05) is 24.4 Å². The molecule has 24 heavy (non-hydrogen) atoms. The number of carbonyl (C=O) groups is 2. The van der Waals surface area contributed by atoms with E-state index in [-0.39, 0.29) is 11.8 Å². The second-order valence-electron chi connectivity index (χ2n) is 5.94. The van der Waals surface area contributed by atoms with Gasteiger partial charge in [0.2, 0.25) is 11.8 Å². The lowest BCUT2D eigenvalue weighted by atomic mass is 10.0. The summed E-state index contributed by atoms with van der Waals surface area (Å²) in [6.45, 7) is 0. The molecule has 0 unspecified atom stereocenters. The maximum atomic E-state index is 12.8. The maximum absolute atomic E-state index is 12.8. The molecule has 0 aromatic heterocycles. The predicted octanol–water partition coefficient (Wildman–Crippen LogP) is 3.08. The van der Waals surface area contributed by atoms with E-state index >= 15 is 0 Å². The number of para-hydroxylation sites is 3. The second kappa shape index (κ2) is 6.35. The van der Waals surface area contributed by atoms with Crippen LogP contribution in [0.1, 0.15) is 12.8 Å². The van der Waals surface area contributed by atoms with Crippen LogP contribution in [0.25, 0.3) is 0 Å². The summed E-state index contributed by atoms with van der Waals surface area (Å²) in [5, 5.41) is 2.84. The Labute approximate surface area is 141 Å². The van der Waals surface area contributed by atoms with Crippen molar-refractivity contribution < 1.29 is 14.3 Å². The smallest absolute Gasteiger partial charge is 0.242 e. The van der Waals surface area contributed by atoms with Gasteiger partial charge in [-0.3, -0.25) is 9.59 Å². The number of benzene rings is 2. The van der Waals surface area contributed by atoms with Crippen LogP contribution in [-0.2, 0) is 9.59 Å². The Kier molecular flexibility index (Phi) is 4.25. The molecule has 1 N–H and O–H groups in total. The highest BCUT2D eigenvalue weighted by molar-refractivity contribution is 6.17. The van der Waals surface area contributed by atoms with Gasteiger partial charge in [0.05, 0.1) is 12.8 Å². The number of ether oxygens (including phenoxy) is 1. The van der Waals surface area contributed by atoms with Gasteiger partial charge in [-0.05, 0) is 37.1 Å². The van der Waals surface area contributed by atoms with Gasteiger partial charge in [-0.2, -0.15) is 0 Å². The Morgan fingerprint density at radius 3 is 2.29 bits per heavy atom. The average molecular weight is 324 g/mol. The van der Waals surface area contributed by atoms with Gasteiger partial charge >= 0.3 is 0 Å². The third-order valence-electron chi connectivity index (χ3n) is 4.40. The molecule has 2 aromatic rings. The summed E-state index contributed by atoms with van der Waals surface area (Å²) in [5.41, 5.74) is 0.371. The van der Waals surface area contributed by atoms with Gasteiger partial charge in [0.1, 0.15) is 11.2 Å². The van der Waals surface area contributed by atoms with Crippen molar-refractivity contribution in [2.24, 2.45) is 5.41 Å². The maximum Gasteiger partial charge on any atom is 0.242 e. The summed E-state index contributed by atoms with van der Waals surface area (Å²) in [5.74, 6) is 0.117. The van der Waals surface area contributed by atoms with Crippen LogP contribution < -0.4 is 15.0 Å². The van der Waals surface area contributed by atoms with Crippen LogP contribution in [0.5, 0.6) is 5.75 Å². The van der Waals surface area contributed by atoms with Crippen molar-refractivity contribution in [1.82, 2.24) is 0 Å². The van der Waals surface area contributed by atoms with Gasteiger partial charge in [-0.1, -0.05) is 30.3 Å². The molecule has 1 aliphatic rings. The monoisotopic (exact) mass is 324 g/mol. The molecular weight excluding hydrogens is 304 g/mol. The Morgan fingerprint density at radius 1 is 1.04 bits per heavy atom. The lowest BCUT2D eigenvalue weighted by Crippen LogP contribution is -2.41. The Morgan fingerprint density at radius 2 is 1.67 bits per heavy atom. The third kappa shape index (κ3) is 2.85. The first kappa shape index (κ1) is 16.1. The number of rotatable bonds is 5. The number of nitrogens with zero attached hydrogens (tertiary/aromatic N) is 1. The molecule has 124 valence electrons. The largest absolute Gasteiger partial charge is 0.495 e. The van der Waals surface area contributed by atoms with E-state index in [1.54, 1.807) is 31.2 Å². The van der Waals surface area contributed by atoms with E-state index in [4.69, 9.17) is 4.74 Å². The summed E-state index contributed by atoms with van der Waals surface area (Å²) < 4.78 is 5.25. The van der Waals surface area contributed by atoms with Crippen LogP contribution in [0.2, 0.25) is 0 Å². The van der Waals surface area contributed by atoms with E-state index in [0.717, 1.165) is 5.69 Å². The highest BCUT2D eigenvalue weighted by atomic mass is 16.5. The molecule has 3 rings (SSSR count). The van der Waals surface area contributed by atoms with Gasteiger partial charge in [-0.15, -0.1) is 0 Å². The van der Waals surface area contributed by atoms with E-state index in [1.807, 2.05) is 42.5 Å². The van der Waals surface area contributed by atoms with Crippen molar-refractivity contribution in [3.8, 4) is 5.75 Å². The Bertz CT molecular complexity index is 754. The fourth-order valence-corrected chi connectivity index (χ4v) is 2.74. The van der Waals surface area contributed by atoms with Crippen molar-refractivity contribution in [3.05, 3.63) is 54.6 Å². The normalized spacial score (nSPS) is 14.6. The van der Waals surface area contributed by atoms with E-state index < -0.39 is 5.41 Å². The SMILES string of the molecule is COc1ccccc1NC(=O)C1(C(=O)N(C)c2ccccc2)CC1. The summed E-state index contributed by atoms with van der Waals surface area (Å²) >= 11 is 0. The average Bonchev–Trinajstić information content (AvgIpc) is 3.43. The molecule has 0 saturated heterocycles. The minimum atomic E-state index is -0.981. The summed E-state index contributed by atoms with van der Waals surface area (Å²) in [6, 6.07) is 16.5. The minimum Gasteiger partial charge on any atom is -0.495 e. The lowest BCUT2D eigenvalue weighted by molar-refractivity contribution is -0.132. The van der Waals surface area contributed by atoms with Gasteiger partial charge in [0, 0.05) is 12.7 Å². The van der Waals surface area contributed by atoms with Crippen LogP contribution in [0.3, 0.4) is 0 Å². The fraction of sp³-hybridized carbons (Fsp3) is 0.263. The molecule has 2 aromatic carbocycles. The zero-order valence-electron chi connectivity index (χ0n) is 13.8. The molecule has 0 aliphatic heterocycles. The van der Waals surface area contributed by atoms with Gasteiger partial charge in [-0.25, -0.2) is 0 Å². The van der Waals surface area contributed by atoms with Crippen molar-refractivity contribution in [3.63, 3.8) is 0 Å². The minimum absolute atomic E-state index is 0.180. The van der Waals surface area contributed by atoms with Crippen LogP contribution in [0.15, 0.2) is 54.6 Å². The van der Waals surface area contributed by atoms with E-state index in [2.05, 4.69) is 5.32 Å². The fourth-order valence-electron chi connectivity index (χ4n) is 2.74. The summed E-state index contributed by atoms with van der Waals surface area (Å²) in [6.07, 6.45) is 1.12. The highest BCUT2D eigenvalue weighted by Crippen LogP contribution is 2.48. The molecule has 5 heteroatoms. The lowest BCUT2D eigenvalue weighted by Gasteiger charge is -2.23. The molecule has 1 fully saturated rings. The molecule has 0 heterocycles. The molecule has 0 atom stereocenters. The molecular formula is C19H20N2O3. The quantitative estimate of drug-likeness (QED) is 0.860. The number of carbonyl (C=O) groups excluding carboxylic acids is 2. The molecule has 2 amide bonds. The number of nitrogens with one attached hydrogen (secondary N) is 1. The van der Waals surface area contributed by atoms with E-state index in [0.29, 0.717) is 24.3 Å². The first-order valence-electron chi connectivity index (χ1n) is 7.86. The Balaban J connectivity index is 1.78. The first-order chi connectivity index (χ1) is 11.6. The number of hydrogen-bond acceptors (Lipinski definition) is 3. The number of anilines is 2. The Hall–Kier alpha value is -2.82. The number of amides is 2. The molecule has 1 aliphatic carbocycles. The standard InChI is InChI=1S/C19H20N2O3/c1-21(14-8-4-3-5-9-14)18(23)19(12-13-19)17(22)20-15-10-6-7-11-16(15)24-2/h3-11H,12-13H2,1-2H3,(H,20,22).